The molecule has 0 saturated heterocycles. The molecule has 1 unspecified atom stereocenters. The first-order valence-corrected chi connectivity index (χ1v) is 5.54. The Morgan fingerprint density at radius 2 is 2.33 bits per heavy atom. The predicted molar refractivity (Wildman–Crippen MR) is 60.2 cm³/mol. The second-order valence-corrected chi connectivity index (χ2v) is 4.56. The number of halogens is 1. The highest BCUT2D eigenvalue weighted by molar-refractivity contribution is 6.30. The van der Waals surface area contributed by atoms with Crippen molar-refractivity contribution in [3.05, 3.63) is 34.3 Å². The molecular formula is C12H15ClO2. The van der Waals surface area contributed by atoms with Crippen LogP contribution >= 0.6 is 11.6 Å². The van der Waals surface area contributed by atoms with Crippen LogP contribution < -0.4 is 0 Å². The van der Waals surface area contributed by atoms with Crippen molar-refractivity contribution in [1.29, 1.82) is 0 Å². The topological polar surface area (TPSA) is 29.5 Å². The summed E-state index contributed by atoms with van der Waals surface area (Å²) in [6.07, 6.45) is 2.73. The van der Waals surface area contributed by atoms with E-state index in [-0.39, 0.29) is 0 Å². The van der Waals surface area contributed by atoms with Gasteiger partial charge in [-0.05, 0) is 42.5 Å². The van der Waals surface area contributed by atoms with Crippen LogP contribution in [0.1, 0.15) is 24.0 Å². The monoisotopic (exact) mass is 226 g/mol. The van der Waals surface area contributed by atoms with Gasteiger partial charge in [0.25, 0.3) is 0 Å². The third kappa shape index (κ3) is 2.03. The fraction of sp³-hybridized carbons (Fsp3) is 0.500. The SMILES string of the molecule is COCC1(O)CCCc2cc(Cl)ccc21. The molecular weight excluding hydrogens is 212 g/mol. The standard InChI is InChI=1S/C12H15ClO2/c1-15-8-12(14)6-2-3-9-7-10(13)4-5-11(9)12/h4-5,7,14H,2-3,6,8H2,1H3. The summed E-state index contributed by atoms with van der Waals surface area (Å²) < 4.78 is 5.09. The van der Waals surface area contributed by atoms with E-state index in [1.807, 2.05) is 18.2 Å². The molecule has 0 heterocycles. The first kappa shape index (κ1) is 10.9. The molecule has 2 rings (SSSR count). The zero-order valence-electron chi connectivity index (χ0n) is 8.79. The molecule has 0 amide bonds. The summed E-state index contributed by atoms with van der Waals surface area (Å²) in [6.45, 7) is 0.349. The van der Waals surface area contributed by atoms with Crippen LogP contribution in [-0.2, 0) is 16.8 Å². The number of methoxy groups -OCH3 is 1. The van der Waals surface area contributed by atoms with E-state index in [9.17, 15) is 5.11 Å². The molecule has 1 aromatic carbocycles. The smallest absolute Gasteiger partial charge is 0.113 e. The number of ether oxygens (including phenoxy) is 1. The van der Waals surface area contributed by atoms with Crippen LogP contribution in [-0.4, -0.2) is 18.8 Å². The lowest BCUT2D eigenvalue weighted by Gasteiger charge is -2.34. The quantitative estimate of drug-likeness (QED) is 0.840. The summed E-state index contributed by atoms with van der Waals surface area (Å²) in [7, 11) is 1.61. The molecule has 2 nitrogen and oxygen atoms in total. The van der Waals surface area contributed by atoms with Crippen molar-refractivity contribution in [1.82, 2.24) is 0 Å². The Morgan fingerprint density at radius 3 is 3.07 bits per heavy atom. The molecule has 0 aliphatic heterocycles. The van der Waals surface area contributed by atoms with E-state index in [1.165, 1.54) is 0 Å². The molecule has 0 bridgehead atoms. The van der Waals surface area contributed by atoms with Gasteiger partial charge in [0.1, 0.15) is 5.60 Å². The Morgan fingerprint density at radius 1 is 1.53 bits per heavy atom. The lowest BCUT2D eigenvalue weighted by molar-refractivity contribution is -0.0479. The highest BCUT2D eigenvalue weighted by Crippen LogP contribution is 2.36. The van der Waals surface area contributed by atoms with Gasteiger partial charge < -0.3 is 9.84 Å². The molecule has 82 valence electrons. The van der Waals surface area contributed by atoms with E-state index in [4.69, 9.17) is 16.3 Å². The maximum Gasteiger partial charge on any atom is 0.113 e. The Balaban J connectivity index is 2.42. The van der Waals surface area contributed by atoms with Crippen molar-refractivity contribution in [2.24, 2.45) is 0 Å². The molecule has 1 N–H and O–H groups in total. The normalized spacial score (nSPS) is 25.0. The second-order valence-electron chi connectivity index (χ2n) is 4.12. The van der Waals surface area contributed by atoms with Crippen LogP contribution in [0.2, 0.25) is 5.02 Å². The van der Waals surface area contributed by atoms with Crippen molar-refractivity contribution < 1.29 is 9.84 Å². The summed E-state index contributed by atoms with van der Waals surface area (Å²) in [5.74, 6) is 0. The number of fused-ring (bicyclic) bond motifs is 1. The summed E-state index contributed by atoms with van der Waals surface area (Å²) in [6, 6.07) is 5.68. The fourth-order valence-corrected chi connectivity index (χ4v) is 2.51. The second kappa shape index (κ2) is 4.12. The molecule has 1 aliphatic carbocycles. The molecule has 0 aromatic heterocycles. The number of benzene rings is 1. The van der Waals surface area contributed by atoms with Gasteiger partial charge in [0.15, 0.2) is 0 Å². The van der Waals surface area contributed by atoms with Gasteiger partial charge in [-0.3, -0.25) is 0 Å². The summed E-state index contributed by atoms with van der Waals surface area (Å²) in [5.41, 5.74) is 1.29. The minimum atomic E-state index is -0.826. The summed E-state index contributed by atoms with van der Waals surface area (Å²) in [4.78, 5) is 0. The molecule has 1 atom stereocenters. The lowest BCUT2D eigenvalue weighted by atomic mass is 9.79. The summed E-state index contributed by atoms with van der Waals surface area (Å²) >= 11 is 5.93. The van der Waals surface area contributed by atoms with Gasteiger partial charge in [0, 0.05) is 12.1 Å². The Bertz CT molecular complexity index is 365. The highest BCUT2D eigenvalue weighted by atomic mass is 35.5. The van der Waals surface area contributed by atoms with Crippen molar-refractivity contribution >= 4 is 11.6 Å². The van der Waals surface area contributed by atoms with Crippen molar-refractivity contribution in [3.8, 4) is 0 Å². The fourth-order valence-electron chi connectivity index (χ4n) is 2.32. The highest BCUT2D eigenvalue weighted by Gasteiger charge is 2.34. The van der Waals surface area contributed by atoms with Gasteiger partial charge in [-0.1, -0.05) is 17.7 Å². The van der Waals surface area contributed by atoms with Crippen LogP contribution in [0.5, 0.6) is 0 Å². The first-order valence-electron chi connectivity index (χ1n) is 5.16. The number of hydrogen-bond donors (Lipinski definition) is 1. The number of rotatable bonds is 2. The molecule has 1 aliphatic rings. The van der Waals surface area contributed by atoms with Crippen molar-refractivity contribution in [3.63, 3.8) is 0 Å². The van der Waals surface area contributed by atoms with E-state index < -0.39 is 5.60 Å². The maximum absolute atomic E-state index is 10.4. The zero-order chi connectivity index (χ0) is 10.9. The van der Waals surface area contributed by atoms with Gasteiger partial charge in [0.2, 0.25) is 0 Å². The van der Waals surface area contributed by atoms with Crippen LogP contribution in [0.4, 0.5) is 0 Å². The number of aliphatic hydroxyl groups is 1. The average molecular weight is 227 g/mol. The van der Waals surface area contributed by atoms with Crippen molar-refractivity contribution in [2.75, 3.05) is 13.7 Å². The number of aryl methyl sites for hydroxylation is 1. The molecule has 0 spiro atoms. The van der Waals surface area contributed by atoms with Crippen LogP contribution in [0, 0.1) is 0 Å². The third-order valence-electron chi connectivity index (χ3n) is 2.99. The van der Waals surface area contributed by atoms with Gasteiger partial charge in [-0.2, -0.15) is 0 Å². The van der Waals surface area contributed by atoms with Crippen LogP contribution in [0.3, 0.4) is 0 Å². The van der Waals surface area contributed by atoms with E-state index in [2.05, 4.69) is 0 Å². The molecule has 15 heavy (non-hydrogen) atoms. The van der Waals surface area contributed by atoms with Crippen LogP contribution in [0.15, 0.2) is 18.2 Å². The third-order valence-corrected chi connectivity index (χ3v) is 3.22. The van der Waals surface area contributed by atoms with Gasteiger partial charge in [0.05, 0.1) is 6.61 Å². The lowest BCUT2D eigenvalue weighted by Crippen LogP contribution is -2.35. The average Bonchev–Trinajstić information content (AvgIpc) is 2.17. The van der Waals surface area contributed by atoms with Gasteiger partial charge >= 0.3 is 0 Å². The molecule has 0 saturated carbocycles. The van der Waals surface area contributed by atoms with Gasteiger partial charge in [-0.15, -0.1) is 0 Å². The number of hydrogen-bond acceptors (Lipinski definition) is 2. The molecule has 3 heteroatoms. The Hall–Kier alpha value is -0.570. The largest absolute Gasteiger partial charge is 0.383 e. The summed E-state index contributed by atoms with van der Waals surface area (Å²) in [5, 5.41) is 11.2. The van der Waals surface area contributed by atoms with E-state index in [0.29, 0.717) is 6.61 Å². The molecule has 0 radical (unpaired) electrons. The zero-order valence-corrected chi connectivity index (χ0v) is 9.55. The van der Waals surface area contributed by atoms with E-state index in [1.54, 1.807) is 7.11 Å². The van der Waals surface area contributed by atoms with E-state index >= 15 is 0 Å². The minimum absolute atomic E-state index is 0.349. The van der Waals surface area contributed by atoms with Crippen LogP contribution in [0.25, 0.3) is 0 Å². The Labute approximate surface area is 94.8 Å². The first-order chi connectivity index (χ1) is 7.15. The Kier molecular flexibility index (Phi) is 3.01. The minimum Gasteiger partial charge on any atom is -0.383 e. The maximum atomic E-state index is 10.4. The van der Waals surface area contributed by atoms with E-state index in [0.717, 1.165) is 35.4 Å². The molecule has 0 fully saturated rings. The predicted octanol–water partition coefficient (Wildman–Crippen LogP) is 2.51. The van der Waals surface area contributed by atoms with Gasteiger partial charge in [-0.25, -0.2) is 0 Å². The van der Waals surface area contributed by atoms with Crippen molar-refractivity contribution in [2.45, 2.75) is 24.9 Å². The molecule has 1 aromatic rings.